The summed E-state index contributed by atoms with van der Waals surface area (Å²) in [6.07, 6.45) is -2.27. The molecule has 0 radical (unpaired) electrons. The van der Waals surface area contributed by atoms with Gasteiger partial charge in [0, 0.05) is 19.4 Å². The zero-order chi connectivity index (χ0) is 47.0. The zero-order valence-electron chi connectivity index (χ0n) is 34.6. The number of primary amides is 2. The Morgan fingerprint density at radius 1 is 0.607 bits per heavy atom. The van der Waals surface area contributed by atoms with Crippen LogP contribution >= 0.6 is 11.8 Å². The third-order valence-corrected chi connectivity index (χ3v) is 9.21. The van der Waals surface area contributed by atoms with Crippen molar-refractivity contribution in [2.45, 2.75) is 127 Å². The molecule has 346 valence electrons. The van der Waals surface area contributed by atoms with Crippen molar-refractivity contribution < 1.29 is 63.3 Å². The largest absolute Gasteiger partial charge is 0.481 e. The molecule has 61 heavy (non-hydrogen) atoms. The van der Waals surface area contributed by atoms with Crippen molar-refractivity contribution in [3.63, 3.8) is 0 Å². The predicted molar refractivity (Wildman–Crippen MR) is 220 cm³/mol. The molecule has 8 amide bonds. The fourth-order valence-electron chi connectivity index (χ4n) is 5.36. The SMILES string of the molecule is CSCC[C@H](NC(=O)[C@H](CC(C)C)NC(=O)[C@@H](N)CCCN=C(N)N)C(=O)N[C@H](C(=O)N[C@@H](CCC(N)=O)C(=O)N[C@@H](CC(=O)O)C(=O)N[C@@H](CCC(N)=O)C(=O)O)[C@@H](C)O. The fraction of sp³-hybridized carbons (Fsp3) is 0.686. The fourth-order valence-corrected chi connectivity index (χ4v) is 5.83. The van der Waals surface area contributed by atoms with Crippen molar-refractivity contribution in [2.24, 2.45) is 39.6 Å². The maximum absolute atomic E-state index is 13.7. The summed E-state index contributed by atoms with van der Waals surface area (Å²) < 4.78 is 0. The highest BCUT2D eigenvalue weighted by atomic mass is 32.2. The Morgan fingerprint density at radius 3 is 1.56 bits per heavy atom. The van der Waals surface area contributed by atoms with Gasteiger partial charge in [-0.05, 0) is 63.4 Å². The van der Waals surface area contributed by atoms with Gasteiger partial charge in [0.2, 0.25) is 47.3 Å². The molecule has 0 bridgehead atoms. The van der Waals surface area contributed by atoms with Crippen LogP contribution in [0.5, 0.6) is 0 Å². The molecule has 0 saturated carbocycles. The number of aliphatic carboxylic acids is 2. The summed E-state index contributed by atoms with van der Waals surface area (Å²) in [5.41, 5.74) is 26.9. The van der Waals surface area contributed by atoms with Crippen LogP contribution in [0.15, 0.2) is 4.99 Å². The first kappa shape index (κ1) is 55.2. The number of aliphatic imine (C=N–C) groups is 1. The first-order valence-electron chi connectivity index (χ1n) is 19.2. The lowest BCUT2D eigenvalue weighted by molar-refractivity contribution is -0.144. The maximum Gasteiger partial charge on any atom is 0.326 e. The van der Waals surface area contributed by atoms with Gasteiger partial charge >= 0.3 is 11.9 Å². The van der Waals surface area contributed by atoms with Gasteiger partial charge in [-0.3, -0.25) is 48.1 Å². The van der Waals surface area contributed by atoms with Crippen molar-refractivity contribution in [2.75, 3.05) is 18.6 Å². The number of carboxylic acids is 2. The number of amides is 8. The van der Waals surface area contributed by atoms with Crippen LogP contribution in [-0.2, 0) is 47.9 Å². The van der Waals surface area contributed by atoms with E-state index in [0.29, 0.717) is 12.2 Å². The minimum atomic E-state index is -1.95. The smallest absolute Gasteiger partial charge is 0.326 e. The van der Waals surface area contributed by atoms with Gasteiger partial charge in [0.15, 0.2) is 5.96 Å². The molecule has 0 spiro atoms. The number of guanidine groups is 1. The van der Waals surface area contributed by atoms with Crippen LogP contribution in [0.1, 0.15) is 78.6 Å². The van der Waals surface area contributed by atoms with E-state index in [9.17, 15) is 63.3 Å². The van der Waals surface area contributed by atoms with Gasteiger partial charge in [0.25, 0.3) is 0 Å². The molecule has 0 aliphatic heterocycles. The lowest BCUT2D eigenvalue weighted by atomic mass is 10.0. The lowest BCUT2D eigenvalue weighted by Crippen LogP contribution is -2.62. The molecule has 26 heteroatoms. The number of thioether (sulfide) groups is 1. The minimum absolute atomic E-state index is 0.0154. The molecule has 8 atom stereocenters. The van der Waals surface area contributed by atoms with Gasteiger partial charge in [-0.25, -0.2) is 4.79 Å². The number of nitrogens with zero attached hydrogens (tertiary/aromatic N) is 1. The first-order chi connectivity index (χ1) is 28.4. The van der Waals surface area contributed by atoms with Gasteiger partial charge in [-0.1, -0.05) is 13.8 Å². The number of hydrogen-bond donors (Lipinski definition) is 14. The van der Waals surface area contributed by atoms with E-state index in [1.807, 2.05) is 5.32 Å². The summed E-state index contributed by atoms with van der Waals surface area (Å²) >= 11 is 1.32. The van der Waals surface area contributed by atoms with Crippen LogP contribution in [0, 0.1) is 5.92 Å². The number of aliphatic hydroxyl groups excluding tert-OH is 1. The highest BCUT2D eigenvalue weighted by molar-refractivity contribution is 7.98. The minimum Gasteiger partial charge on any atom is -0.481 e. The average molecular weight is 891 g/mol. The van der Waals surface area contributed by atoms with Gasteiger partial charge in [-0.2, -0.15) is 11.8 Å². The van der Waals surface area contributed by atoms with E-state index in [0.717, 1.165) is 6.92 Å². The molecule has 0 heterocycles. The summed E-state index contributed by atoms with van der Waals surface area (Å²) in [7, 11) is 0. The Labute approximate surface area is 356 Å². The van der Waals surface area contributed by atoms with Crippen molar-refractivity contribution in [3.8, 4) is 0 Å². The third kappa shape index (κ3) is 23.6. The second-order valence-electron chi connectivity index (χ2n) is 14.4. The first-order valence-corrected chi connectivity index (χ1v) is 20.6. The topological polar surface area (TPSA) is 446 Å². The normalized spacial score (nSPS) is 14.9. The number of hydrogen-bond acceptors (Lipinski definition) is 14. The van der Waals surface area contributed by atoms with Crippen molar-refractivity contribution in [1.82, 2.24) is 31.9 Å². The molecule has 0 aliphatic carbocycles. The van der Waals surface area contributed by atoms with Crippen LogP contribution in [0.4, 0.5) is 0 Å². The van der Waals surface area contributed by atoms with Crippen molar-refractivity contribution in [3.05, 3.63) is 0 Å². The number of carboxylic acid groups (broad SMARTS) is 2. The summed E-state index contributed by atoms with van der Waals surface area (Å²) in [5, 5.41) is 43.3. The summed E-state index contributed by atoms with van der Waals surface area (Å²) in [5.74, 6) is -11.0. The van der Waals surface area contributed by atoms with Crippen molar-refractivity contribution >= 4 is 76.9 Å². The average Bonchev–Trinajstić information content (AvgIpc) is 3.15. The molecule has 0 unspecified atom stereocenters. The van der Waals surface area contributed by atoms with E-state index in [1.165, 1.54) is 11.8 Å². The van der Waals surface area contributed by atoms with E-state index in [4.69, 9.17) is 28.7 Å². The standard InChI is InChI=1S/C35H62N12O13S/c1-16(2)14-22(45-28(53)18(36)6-5-12-41-35(39)40)31(56)42-20(11-13-61-4)30(55)47-27(17(3)48)33(58)43-19(7-9-24(37)49)29(54)46-23(15-26(51)52)32(57)44-21(34(59)60)8-10-25(38)50/h16-23,27,48H,5-15,36H2,1-4H3,(H2,37,49)(H2,38,50)(H,42,56)(H,43,58)(H,44,57)(H,45,53)(H,46,54)(H,47,55)(H,51,52)(H,59,60)(H4,39,40,41)/t17-,18+,19+,20+,21+,22+,23+,27+/m1/s1. The van der Waals surface area contributed by atoms with Crippen LogP contribution in [-0.4, -0.2) is 147 Å². The highest BCUT2D eigenvalue weighted by Gasteiger charge is 2.36. The highest BCUT2D eigenvalue weighted by Crippen LogP contribution is 2.10. The van der Waals surface area contributed by atoms with Crippen LogP contribution in [0.2, 0.25) is 0 Å². The van der Waals surface area contributed by atoms with E-state index >= 15 is 0 Å². The molecule has 0 rings (SSSR count). The number of nitrogens with one attached hydrogen (secondary N) is 6. The monoisotopic (exact) mass is 890 g/mol. The number of aliphatic hydroxyl groups is 1. The van der Waals surface area contributed by atoms with Gasteiger partial charge < -0.3 is 75.9 Å². The van der Waals surface area contributed by atoms with Crippen molar-refractivity contribution in [1.29, 1.82) is 0 Å². The molecular weight excluding hydrogens is 829 g/mol. The second kappa shape index (κ2) is 28.7. The Kier molecular flexibility index (Phi) is 26.0. The van der Waals surface area contributed by atoms with E-state index in [-0.39, 0.29) is 37.7 Å². The summed E-state index contributed by atoms with van der Waals surface area (Å²) in [6.45, 7) is 4.94. The molecule has 0 aromatic rings. The van der Waals surface area contributed by atoms with Crippen LogP contribution in [0.3, 0.4) is 0 Å². The Balaban J connectivity index is 6.29. The van der Waals surface area contributed by atoms with E-state index < -0.39 is 140 Å². The van der Waals surface area contributed by atoms with Gasteiger partial charge in [0.1, 0.15) is 36.3 Å². The molecule has 19 N–H and O–H groups in total. The number of rotatable bonds is 31. The molecule has 0 aromatic heterocycles. The van der Waals surface area contributed by atoms with E-state index in [2.05, 4.69) is 31.6 Å². The third-order valence-electron chi connectivity index (χ3n) is 8.57. The molecule has 0 fully saturated rings. The number of carbonyl (C=O) groups is 10. The molecule has 0 aromatic carbocycles. The van der Waals surface area contributed by atoms with E-state index in [1.54, 1.807) is 20.1 Å². The maximum atomic E-state index is 13.7. The van der Waals surface area contributed by atoms with Gasteiger partial charge in [-0.15, -0.1) is 0 Å². The summed E-state index contributed by atoms with van der Waals surface area (Å²) in [6, 6.07) is -10.7. The molecular formula is C35H62N12O13S. The Hall–Kier alpha value is -5.76. The molecule has 0 saturated heterocycles. The van der Waals surface area contributed by atoms with Crippen LogP contribution in [0.25, 0.3) is 0 Å². The zero-order valence-corrected chi connectivity index (χ0v) is 35.5. The quantitative estimate of drug-likeness (QED) is 0.0175. The molecule has 25 nitrogen and oxygen atoms in total. The number of carbonyl (C=O) groups excluding carboxylic acids is 8. The second-order valence-corrected chi connectivity index (χ2v) is 15.4. The predicted octanol–water partition coefficient (Wildman–Crippen LogP) is -5.45. The Morgan fingerprint density at radius 2 is 1.07 bits per heavy atom. The lowest BCUT2D eigenvalue weighted by Gasteiger charge is -2.28. The van der Waals surface area contributed by atoms with Crippen LogP contribution < -0.4 is 60.6 Å². The molecule has 0 aliphatic rings. The Bertz CT molecular complexity index is 1580. The summed E-state index contributed by atoms with van der Waals surface area (Å²) in [4.78, 5) is 130. The van der Waals surface area contributed by atoms with Gasteiger partial charge in [0.05, 0.1) is 18.6 Å². The number of nitrogens with two attached hydrogens (primary N) is 5.